The monoisotopic (exact) mass is 436 g/mol. The molecule has 0 spiro atoms. The van der Waals surface area contributed by atoms with Crippen LogP contribution in [0.25, 0.3) is 0 Å². The molecule has 1 aliphatic carbocycles. The van der Waals surface area contributed by atoms with Gasteiger partial charge >= 0.3 is 0 Å². The van der Waals surface area contributed by atoms with Gasteiger partial charge in [0.05, 0.1) is 12.5 Å². The van der Waals surface area contributed by atoms with Crippen molar-refractivity contribution in [3.8, 4) is 0 Å². The van der Waals surface area contributed by atoms with E-state index in [-0.39, 0.29) is 36.0 Å². The molecule has 0 unspecified atom stereocenters. The third-order valence-corrected chi connectivity index (χ3v) is 7.20. The molecule has 32 heavy (non-hydrogen) atoms. The van der Waals surface area contributed by atoms with Gasteiger partial charge in [-0.3, -0.25) is 14.5 Å². The number of hydrogen-bond donors (Lipinski definition) is 0. The normalized spacial score (nSPS) is 20.9. The zero-order chi connectivity index (χ0) is 22.2. The molecule has 0 radical (unpaired) electrons. The van der Waals surface area contributed by atoms with Crippen LogP contribution >= 0.6 is 0 Å². The average Bonchev–Trinajstić information content (AvgIpc) is 3.53. The number of likely N-dealkylation sites (tertiary alicyclic amines) is 1. The number of carbonyl (C=O) groups is 2. The molecular formula is C25H29FN4O2. The highest BCUT2D eigenvalue weighted by Crippen LogP contribution is 2.37. The van der Waals surface area contributed by atoms with E-state index in [9.17, 15) is 14.0 Å². The molecule has 3 heterocycles. The second-order valence-corrected chi connectivity index (χ2v) is 9.20. The summed E-state index contributed by atoms with van der Waals surface area (Å²) in [6.07, 6.45) is 6.69. The number of benzene rings is 1. The molecule has 5 rings (SSSR count). The maximum absolute atomic E-state index is 14.1. The van der Waals surface area contributed by atoms with Crippen LogP contribution in [0.4, 0.5) is 10.2 Å². The lowest BCUT2D eigenvalue weighted by Gasteiger charge is -2.27. The average molecular weight is 437 g/mol. The molecule has 1 atom stereocenters. The van der Waals surface area contributed by atoms with Crippen molar-refractivity contribution in [1.29, 1.82) is 0 Å². The summed E-state index contributed by atoms with van der Waals surface area (Å²) in [5, 5.41) is 0. The Kier molecular flexibility index (Phi) is 5.66. The fourth-order valence-electron chi connectivity index (χ4n) is 5.42. The van der Waals surface area contributed by atoms with Crippen molar-refractivity contribution >= 4 is 17.6 Å². The maximum Gasteiger partial charge on any atom is 0.232 e. The topological polar surface area (TPSA) is 66.4 Å². The van der Waals surface area contributed by atoms with Gasteiger partial charge in [0.25, 0.3) is 0 Å². The summed E-state index contributed by atoms with van der Waals surface area (Å²) < 4.78 is 14.1. The van der Waals surface area contributed by atoms with Crippen molar-refractivity contribution < 1.29 is 14.0 Å². The molecule has 2 aromatic rings. The lowest BCUT2D eigenvalue weighted by atomic mass is 10.1. The van der Waals surface area contributed by atoms with Crippen molar-refractivity contribution in [2.75, 3.05) is 18.0 Å². The zero-order valence-corrected chi connectivity index (χ0v) is 18.5. The predicted octanol–water partition coefficient (Wildman–Crippen LogP) is 3.91. The van der Waals surface area contributed by atoms with Crippen LogP contribution in [-0.2, 0) is 22.4 Å². The quantitative estimate of drug-likeness (QED) is 0.713. The first-order valence-corrected chi connectivity index (χ1v) is 11.7. The first kappa shape index (κ1) is 21.0. The molecule has 2 amide bonds. The number of hydrogen-bond acceptors (Lipinski definition) is 4. The fourth-order valence-corrected chi connectivity index (χ4v) is 5.42. The van der Waals surface area contributed by atoms with E-state index in [4.69, 9.17) is 9.97 Å². The molecule has 1 saturated heterocycles. The SMILES string of the molecule is Cc1nc([C@@H]2CCCN2C(=O)C2CCCC2)nc2c1CC(=O)N2CCc1ccccc1F. The lowest BCUT2D eigenvalue weighted by molar-refractivity contribution is -0.136. The number of halogens is 1. The van der Waals surface area contributed by atoms with Gasteiger partial charge in [-0.15, -0.1) is 0 Å². The third-order valence-electron chi connectivity index (χ3n) is 7.20. The minimum Gasteiger partial charge on any atom is -0.332 e. The maximum atomic E-state index is 14.1. The Hall–Kier alpha value is -2.83. The van der Waals surface area contributed by atoms with Crippen molar-refractivity contribution in [2.24, 2.45) is 5.92 Å². The van der Waals surface area contributed by atoms with E-state index in [2.05, 4.69) is 0 Å². The van der Waals surface area contributed by atoms with Gasteiger partial charge in [0.1, 0.15) is 11.6 Å². The minimum absolute atomic E-state index is 0.0313. The largest absolute Gasteiger partial charge is 0.332 e. The van der Waals surface area contributed by atoms with Crippen LogP contribution in [0, 0.1) is 18.7 Å². The van der Waals surface area contributed by atoms with Crippen molar-refractivity contribution in [3.63, 3.8) is 0 Å². The van der Waals surface area contributed by atoms with Crippen molar-refractivity contribution in [3.05, 3.63) is 52.7 Å². The molecule has 7 heteroatoms. The molecular weight excluding hydrogens is 407 g/mol. The van der Waals surface area contributed by atoms with Gasteiger partial charge in [-0.2, -0.15) is 0 Å². The Balaban J connectivity index is 1.40. The summed E-state index contributed by atoms with van der Waals surface area (Å²) in [6.45, 7) is 3.03. The third kappa shape index (κ3) is 3.78. The van der Waals surface area contributed by atoms with E-state index in [1.54, 1.807) is 23.1 Å². The van der Waals surface area contributed by atoms with Crippen LogP contribution in [0.1, 0.15) is 67.2 Å². The highest BCUT2D eigenvalue weighted by Gasteiger charge is 2.38. The van der Waals surface area contributed by atoms with E-state index in [1.807, 2.05) is 11.8 Å². The van der Waals surface area contributed by atoms with Crippen LogP contribution in [0.5, 0.6) is 0 Å². The zero-order valence-electron chi connectivity index (χ0n) is 18.5. The van der Waals surface area contributed by atoms with E-state index >= 15 is 0 Å². The number of rotatable bonds is 5. The number of fused-ring (bicyclic) bond motifs is 1. The number of carbonyl (C=O) groups excluding carboxylic acids is 2. The standard InChI is InChI=1S/C25H29FN4O2/c1-16-19-15-22(31)30(14-12-17-7-4-5-10-20(17)26)24(19)28-23(27-16)21-11-6-13-29(21)25(32)18-8-2-3-9-18/h4-5,7,10,18,21H,2-3,6,8-9,11-15H2,1H3/t21-/m0/s1. The van der Waals surface area contributed by atoms with Gasteiger partial charge in [0.15, 0.2) is 5.82 Å². The van der Waals surface area contributed by atoms with Gasteiger partial charge in [-0.05, 0) is 50.7 Å². The van der Waals surface area contributed by atoms with Crippen LogP contribution in [-0.4, -0.2) is 39.8 Å². The fraction of sp³-hybridized carbons (Fsp3) is 0.520. The first-order chi connectivity index (χ1) is 15.5. The van der Waals surface area contributed by atoms with E-state index in [1.165, 1.54) is 6.07 Å². The highest BCUT2D eigenvalue weighted by atomic mass is 19.1. The van der Waals surface area contributed by atoms with Crippen LogP contribution in [0.2, 0.25) is 0 Å². The van der Waals surface area contributed by atoms with Crippen LogP contribution in [0.15, 0.2) is 24.3 Å². The molecule has 6 nitrogen and oxygen atoms in total. The first-order valence-electron chi connectivity index (χ1n) is 11.7. The lowest BCUT2D eigenvalue weighted by Crippen LogP contribution is -2.36. The van der Waals surface area contributed by atoms with Crippen LogP contribution in [0.3, 0.4) is 0 Å². The van der Waals surface area contributed by atoms with Gasteiger partial charge in [-0.1, -0.05) is 31.0 Å². The summed E-state index contributed by atoms with van der Waals surface area (Å²) in [7, 11) is 0. The summed E-state index contributed by atoms with van der Waals surface area (Å²) in [6, 6.07) is 6.53. The van der Waals surface area contributed by atoms with E-state index in [0.717, 1.165) is 56.3 Å². The van der Waals surface area contributed by atoms with Crippen LogP contribution < -0.4 is 4.90 Å². The number of aromatic nitrogens is 2. The van der Waals surface area contributed by atoms with E-state index < -0.39 is 0 Å². The van der Waals surface area contributed by atoms with Crippen molar-refractivity contribution in [1.82, 2.24) is 14.9 Å². The summed E-state index contributed by atoms with van der Waals surface area (Å²) in [5.74, 6) is 1.34. The molecule has 1 saturated carbocycles. The van der Waals surface area contributed by atoms with E-state index in [0.29, 0.717) is 30.2 Å². The molecule has 0 bridgehead atoms. The molecule has 168 valence electrons. The Bertz CT molecular complexity index is 1050. The second-order valence-electron chi connectivity index (χ2n) is 9.20. The van der Waals surface area contributed by atoms with Crippen molar-refractivity contribution in [2.45, 2.75) is 64.3 Å². The molecule has 2 fully saturated rings. The summed E-state index contributed by atoms with van der Waals surface area (Å²) >= 11 is 0. The number of nitrogens with zero attached hydrogens (tertiary/aromatic N) is 4. The van der Waals surface area contributed by atoms with Gasteiger partial charge < -0.3 is 4.90 Å². The Morgan fingerprint density at radius 3 is 2.69 bits per heavy atom. The highest BCUT2D eigenvalue weighted by molar-refractivity contribution is 6.00. The van der Waals surface area contributed by atoms with Gasteiger partial charge in [-0.25, -0.2) is 14.4 Å². The summed E-state index contributed by atoms with van der Waals surface area (Å²) in [4.78, 5) is 39.1. The van der Waals surface area contributed by atoms with Gasteiger partial charge in [0, 0.05) is 30.3 Å². The summed E-state index contributed by atoms with van der Waals surface area (Å²) in [5.41, 5.74) is 2.23. The minimum atomic E-state index is -0.258. The molecule has 1 aromatic heterocycles. The Labute approximate surface area is 187 Å². The number of amides is 2. The molecule has 3 aliphatic rings. The Morgan fingerprint density at radius 2 is 1.91 bits per heavy atom. The molecule has 2 aliphatic heterocycles. The smallest absolute Gasteiger partial charge is 0.232 e. The second kappa shape index (κ2) is 8.60. The Morgan fingerprint density at radius 1 is 1.12 bits per heavy atom. The molecule has 1 aromatic carbocycles. The number of aryl methyl sites for hydroxylation is 1. The number of anilines is 1. The predicted molar refractivity (Wildman–Crippen MR) is 119 cm³/mol. The van der Waals surface area contributed by atoms with Gasteiger partial charge in [0.2, 0.25) is 11.8 Å². The molecule has 0 N–H and O–H groups in total.